The molecule has 1 saturated heterocycles. The molecule has 2 N–H and O–H groups in total. The smallest absolute Gasteiger partial charge is 0.286 e. The Balaban J connectivity index is 1.72. The minimum absolute atomic E-state index is 0.289. The fraction of sp³-hybridized carbons (Fsp3) is 0.211. The molecule has 1 aliphatic rings. The van der Waals surface area contributed by atoms with E-state index in [-0.39, 0.29) is 17.1 Å². The summed E-state index contributed by atoms with van der Waals surface area (Å²) in [6, 6.07) is 12.3. The zero-order valence-corrected chi connectivity index (χ0v) is 16.0. The molecule has 0 aliphatic carbocycles. The maximum atomic E-state index is 12.6. The van der Waals surface area contributed by atoms with Crippen LogP contribution in [0.4, 0.5) is 4.79 Å². The summed E-state index contributed by atoms with van der Waals surface area (Å²) in [5.74, 6) is -0.162. The standard InChI is InChI=1S/C19H17ClN2O4S/c1-26-15-7-4-12(9-16-18(24)22-19(25)27-16)8-14(15)17(23)21-10-11-2-5-13(20)6-3-11/h2-8,16H,9-10H2,1H3,(H,21,23)(H,22,24,25). The van der Waals surface area contributed by atoms with Crippen molar-refractivity contribution >= 4 is 40.4 Å². The third-order valence-corrected chi connectivity index (χ3v) is 5.30. The number of amides is 3. The van der Waals surface area contributed by atoms with Gasteiger partial charge in [-0.3, -0.25) is 19.7 Å². The summed E-state index contributed by atoms with van der Waals surface area (Å²) in [7, 11) is 1.49. The van der Waals surface area contributed by atoms with Gasteiger partial charge in [0.25, 0.3) is 11.1 Å². The zero-order chi connectivity index (χ0) is 19.4. The molecular formula is C19H17ClN2O4S. The lowest BCUT2D eigenvalue weighted by Gasteiger charge is -2.12. The molecule has 3 amide bonds. The number of methoxy groups -OCH3 is 1. The molecule has 0 saturated carbocycles. The van der Waals surface area contributed by atoms with Crippen molar-refractivity contribution in [2.75, 3.05) is 7.11 Å². The lowest BCUT2D eigenvalue weighted by atomic mass is 10.0. The molecule has 0 radical (unpaired) electrons. The molecule has 8 heteroatoms. The molecule has 1 fully saturated rings. The van der Waals surface area contributed by atoms with Crippen LogP contribution in [0.5, 0.6) is 5.75 Å². The van der Waals surface area contributed by atoms with Crippen LogP contribution in [0.25, 0.3) is 0 Å². The summed E-state index contributed by atoms with van der Waals surface area (Å²) in [5.41, 5.74) is 2.06. The number of carbonyl (C=O) groups excluding carboxylic acids is 3. The Bertz CT molecular complexity index is 886. The highest BCUT2D eigenvalue weighted by molar-refractivity contribution is 8.15. The van der Waals surface area contributed by atoms with Gasteiger partial charge >= 0.3 is 0 Å². The molecule has 1 aliphatic heterocycles. The fourth-order valence-electron chi connectivity index (χ4n) is 2.68. The lowest BCUT2D eigenvalue weighted by Crippen LogP contribution is -2.26. The first-order valence-electron chi connectivity index (χ1n) is 8.17. The van der Waals surface area contributed by atoms with Crippen LogP contribution in [-0.2, 0) is 17.8 Å². The van der Waals surface area contributed by atoms with E-state index < -0.39 is 5.25 Å². The Hall–Kier alpha value is -2.51. The average Bonchev–Trinajstić information content (AvgIpc) is 2.98. The van der Waals surface area contributed by atoms with Gasteiger partial charge in [0, 0.05) is 11.6 Å². The maximum absolute atomic E-state index is 12.6. The third-order valence-electron chi connectivity index (χ3n) is 4.06. The van der Waals surface area contributed by atoms with Crippen LogP contribution < -0.4 is 15.4 Å². The Morgan fingerprint density at radius 3 is 2.52 bits per heavy atom. The molecule has 27 heavy (non-hydrogen) atoms. The van der Waals surface area contributed by atoms with Gasteiger partial charge in [-0.15, -0.1) is 0 Å². The van der Waals surface area contributed by atoms with Crippen molar-refractivity contribution in [2.45, 2.75) is 18.2 Å². The van der Waals surface area contributed by atoms with E-state index in [1.807, 2.05) is 12.1 Å². The van der Waals surface area contributed by atoms with Gasteiger partial charge in [0.15, 0.2) is 0 Å². The van der Waals surface area contributed by atoms with Gasteiger partial charge in [-0.05, 0) is 41.8 Å². The first kappa shape index (κ1) is 19.3. The van der Waals surface area contributed by atoms with E-state index in [1.54, 1.807) is 30.3 Å². The number of hydrogen-bond acceptors (Lipinski definition) is 5. The summed E-state index contributed by atoms with van der Waals surface area (Å²) >= 11 is 6.82. The van der Waals surface area contributed by atoms with Crippen LogP contribution in [0.3, 0.4) is 0 Å². The van der Waals surface area contributed by atoms with Crippen molar-refractivity contribution in [3.63, 3.8) is 0 Å². The van der Waals surface area contributed by atoms with Gasteiger partial charge in [-0.1, -0.05) is 41.6 Å². The van der Waals surface area contributed by atoms with E-state index in [2.05, 4.69) is 10.6 Å². The van der Waals surface area contributed by atoms with Crippen LogP contribution in [0.2, 0.25) is 5.02 Å². The highest BCUT2D eigenvalue weighted by Gasteiger charge is 2.31. The van der Waals surface area contributed by atoms with E-state index in [0.29, 0.717) is 29.3 Å². The minimum atomic E-state index is -0.490. The van der Waals surface area contributed by atoms with Crippen molar-refractivity contribution < 1.29 is 19.1 Å². The first-order valence-corrected chi connectivity index (χ1v) is 9.43. The summed E-state index contributed by atoms with van der Waals surface area (Å²) in [4.78, 5) is 35.7. The monoisotopic (exact) mass is 404 g/mol. The quantitative estimate of drug-likeness (QED) is 0.772. The summed E-state index contributed by atoms with van der Waals surface area (Å²) in [6.07, 6.45) is 0.351. The highest BCUT2D eigenvalue weighted by atomic mass is 35.5. The van der Waals surface area contributed by atoms with Crippen LogP contribution in [-0.4, -0.2) is 29.4 Å². The molecule has 1 unspecified atom stereocenters. The number of ether oxygens (including phenoxy) is 1. The van der Waals surface area contributed by atoms with E-state index in [4.69, 9.17) is 16.3 Å². The highest BCUT2D eigenvalue weighted by Crippen LogP contribution is 2.26. The van der Waals surface area contributed by atoms with Crippen molar-refractivity contribution in [3.8, 4) is 5.75 Å². The van der Waals surface area contributed by atoms with E-state index in [0.717, 1.165) is 22.9 Å². The minimum Gasteiger partial charge on any atom is -0.496 e. The SMILES string of the molecule is COc1ccc(CC2SC(=O)NC2=O)cc1C(=O)NCc1ccc(Cl)cc1. The number of hydrogen-bond donors (Lipinski definition) is 2. The molecule has 2 aromatic carbocycles. The summed E-state index contributed by atoms with van der Waals surface area (Å²) in [6.45, 7) is 0.346. The topological polar surface area (TPSA) is 84.5 Å². The molecule has 6 nitrogen and oxygen atoms in total. The Kier molecular flexibility index (Phi) is 6.03. The molecule has 3 rings (SSSR count). The van der Waals surface area contributed by atoms with Crippen molar-refractivity contribution in [1.82, 2.24) is 10.6 Å². The number of imide groups is 1. The zero-order valence-electron chi connectivity index (χ0n) is 14.5. The number of nitrogens with one attached hydrogen (secondary N) is 2. The van der Waals surface area contributed by atoms with Crippen molar-refractivity contribution in [3.05, 3.63) is 64.2 Å². The molecular weight excluding hydrogens is 388 g/mol. The van der Waals surface area contributed by atoms with Gasteiger partial charge < -0.3 is 10.1 Å². The van der Waals surface area contributed by atoms with Crippen LogP contribution >= 0.6 is 23.4 Å². The van der Waals surface area contributed by atoms with Gasteiger partial charge in [-0.2, -0.15) is 0 Å². The number of benzene rings is 2. The maximum Gasteiger partial charge on any atom is 0.286 e. The number of rotatable bonds is 6. The molecule has 2 aromatic rings. The Morgan fingerprint density at radius 2 is 1.89 bits per heavy atom. The van der Waals surface area contributed by atoms with E-state index in [9.17, 15) is 14.4 Å². The summed E-state index contributed by atoms with van der Waals surface area (Å²) in [5, 5.41) is 4.90. The summed E-state index contributed by atoms with van der Waals surface area (Å²) < 4.78 is 5.28. The molecule has 0 bridgehead atoms. The number of thioether (sulfide) groups is 1. The predicted molar refractivity (Wildman–Crippen MR) is 104 cm³/mol. The fourth-order valence-corrected chi connectivity index (χ4v) is 3.67. The van der Waals surface area contributed by atoms with Gasteiger partial charge in [0.05, 0.1) is 17.9 Å². The van der Waals surface area contributed by atoms with E-state index in [1.165, 1.54) is 7.11 Å². The molecule has 1 heterocycles. The Labute approximate surface area is 165 Å². The predicted octanol–water partition coefficient (Wildman–Crippen LogP) is 3.17. The third kappa shape index (κ3) is 4.81. The average molecular weight is 405 g/mol. The van der Waals surface area contributed by atoms with Crippen LogP contribution in [0, 0.1) is 0 Å². The second-order valence-corrected chi connectivity index (χ2v) is 7.54. The number of halogens is 1. The lowest BCUT2D eigenvalue weighted by molar-refractivity contribution is -0.118. The molecule has 1 atom stereocenters. The van der Waals surface area contributed by atoms with Gasteiger partial charge in [0.1, 0.15) is 5.75 Å². The molecule has 140 valence electrons. The Morgan fingerprint density at radius 1 is 1.19 bits per heavy atom. The van der Waals surface area contributed by atoms with E-state index >= 15 is 0 Å². The second kappa shape index (κ2) is 8.45. The normalized spacial score (nSPS) is 16.1. The largest absolute Gasteiger partial charge is 0.496 e. The molecule has 0 spiro atoms. The van der Waals surface area contributed by atoms with Crippen LogP contribution in [0.1, 0.15) is 21.5 Å². The molecule has 0 aromatic heterocycles. The number of carbonyl (C=O) groups is 3. The first-order chi connectivity index (χ1) is 13.0. The second-order valence-electron chi connectivity index (χ2n) is 5.93. The van der Waals surface area contributed by atoms with Gasteiger partial charge in [-0.25, -0.2) is 0 Å². The van der Waals surface area contributed by atoms with Gasteiger partial charge in [0.2, 0.25) is 5.91 Å². The van der Waals surface area contributed by atoms with Crippen LogP contribution in [0.15, 0.2) is 42.5 Å². The van der Waals surface area contributed by atoms with Crippen molar-refractivity contribution in [1.29, 1.82) is 0 Å². The van der Waals surface area contributed by atoms with Crippen molar-refractivity contribution in [2.24, 2.45) is 0 Å².